The lowest BCUT2D eigenvalue weighted by Crippen LogP contribution is -2.22. The summed E-state index contributed by atoms with van der Waals surface area (Å²) in [7, 11) is 0. The van der Waals surface area contributed by atoms with Crippen LogP contribution in [-0.2, 0) is 5.41 Å². The number of fused-ring (bicyclic) bond motifs is 5. The van der Waals surface area contributed by atoms with Crippen molar-refractivity contribution in [2.24, 2.45) is 0 Å². The Labute approximate surface area is 346 Å². The van der Waals surface area contributed by atoms with Crippen LogP contribution in [0.1, 0.15) is 23.6 Å². The fourth-order valence-corrected chi connectivity index (χ4v) is 9.51. The van der Waals surface area contributed by atoms with Gasteiger partial charge in [-0.3, -0.25) is 0 Å². The van der Waals surface area contributed by atoms with Gasteiger partial charge in [-0.2, -0.15) is 0 Å². The maximum atomic E-state index is 2.40. The molecule has 0 bridgehead atoms. The van der Waals surface area contributed by atoms with Crippen LogP contribution in [0.4, 0.5) is 17.1 Å². The molecule has 1 aliphatic rings. The van der Waals surface area contributed by atoms with E-state index in [2.05, 4.69) is 242 Å². The second kappa shape index (κ2) is 14.2. The topological polar surface area (TPSA) is 3.24 Å². The zero-order valence-corrected chi connectivity index (χ0v) is 32.9. The molecule has 1 atom stereocenters. The van der Waals surface area contributed by atoms with Crippen LogP contribution in [0.2, 0.25) is 0 Å². The van der Waals surface area contributed by atoms with Crippen LogP contribution >= 0.6 is 0 Å². The van der Waals surface area contributed by atoms with Crippen molar-refractivity contribution in [3.05, 3.63) is 247 Å². The quantitative estimate of drug-likeness (QED) is 0.157. The third-order valence-corrected chi connectivity index (χ3v) is 12.6. The SMILES string of the molecule is CC1(c2ccccc2)c2ccccc2-c2c(-c3ccc(N(c4ccc(-c5ccc(-c6ccc7ccccc7c6)cc5)cc4)c4cccc5ccccc45)cc3)cccc21. The van der Waals surface area contributed by atoms with Gasteiger partial charge in [0.05, 0.1) is 5.69 Å². The van der Waals surface area contributed by atoms with Crippen molar-refractivity contribution >= 4 is 38.6 Å². The molecule has 0 aromatic heterocycles. The Balaban J connectivity index is 0.965. The van der Waals surface area contributed by atoms with Gasteiger partial charge in [0, 0.05) is 22.2 Å². The molecular weight excluding hydrogens is 711 g/mol. The maximum absolute atomic E-state index is 2.40. The normalized spacial score (nSPS) is 14.3. The molecule has 1 nitrogen and oxygen atoms in total. The fraction of sp³-hybridized carbons (Fsp3) is 0.0345. The van der Waals surface area contributed by atoms with E-state index in [-0.39, 0.29) is 5.41 Å². The van der Waals surface area contributed by atoms with E-state index in [1.54, 1.807) is 0 Å². The highest BCUT2D eigenvalue weighted by atomic mass is 15.1. The summed E-state index contributed by atoms with van der Waals surface area (Å²) in [5.41, 5.74) is 17.1. The Kier molecular flexibility index (Phi) is 8.34. The first kappa shape index (κ1) is 34.7. The Bertz CT molecular complexity index is 3140. The van der Waals surface area contributed by atoms with Gasteiger partial charge in [0.15, 0.2) is 0 Å². The third-order valence-electron chi connectivity index (χ3n) is 12.6. The lowest BCUT2D eigenvalue weighted by atomic mass is 9.74. The highest BCUT2D eigenvalue weighted by molar-refractivity contribution is 6.00. The van der Waals surface area contributed by atoms with Crippen LogP contribution < -0.4 is 4.90 Å². The van der Waals surface area contributed by atoms with Crippen LogP contribution in [0.3, 0.4) is 0 Å². The molecule has 0 N–H and O–H groups in total. The molecular formula is C58H41N. The molecule has 10 aromatic rings. The number of nitrogens with zero attached hydrogens (tertiary/aromatic N) is 1. The molecule has 0 aliphatic heterocycles. The average molecular weight is 752 g/mol. The van der Waals surface area contributed by atoms with E-state index in [9.17, 15) is 0 Å². The Morgan fingerprint density at radius 1 is 0.339 bits per heavy atom. The molecule has 0 spiro atoms. The molecule has 278 valence electrons. The first-order chi connectivity index (χ1) is 29.1. The van der Waals surface area contributed by atoms with Crippen LogP contribution in [0.25, 0.3) is 66.1 Å². The lowest BCUT2D eigenvalue weighted by molar-refractivity contribution is 0.714. The predicted molar refractivity (Wildman–Crippen MR) is 250 cm³/mol. The maximum Gasteiger partial charge on any atom is 0.0540 e. The summed E-state index contributed by atoms with van der Waals surface area (Å²) < 4.78 is 0. The van der Waals surface area contributed by atoms with Crippen LogP contribution in [0, 0.1) is 0 Å². The van der Waals surface area contributed by atoms with Crippen molar-refractivity contribution in [1.29, 1.82) is 0 Å². The zero-order chi connectivity index (χ0) is 39.3. The average Bonchev–Trinajstić information content (AvgIpc) is 3.58. The van der Waals surface area contributed by atoms with E-state index in [0.29, 0.717) is 0 Å². The molecule has 0 amide bonds. The molecule has 1 unspecified atom stereocenters. The Morgan fingerprint density at radius 2 is 0.847 bits per heavy atom. The van der Waals surface area contributed by atoms with Gasteiger partial charge in [-0.25, -0.2) is 0 Å². The number of anilines is 3. The van der Waals surface area contributed by atoms with Gasteiger partial charge in [0.2, 0.25) is 0 Å². The summed E-state index contributed by atoms with van der Waals surface area (Å²) in [6.07, 6.45) is 0. The minimum atomic E-state index is -0.236. The van der Waals surface area contributed by atoms with Gasteiger partial charge in [-0.1, -0.05) is 194 Å². The second-order valence-electron chi connectivity index (χ2n) is 15.8. The number of hydrogen-bond acceptors (Lipinski definition) is 1. The summed E-state index contributed by atoms with van der Waals surface area (Å²) in [6.45, 7) is 2.38. The molecule has 0 saturated heterocycles. The van der Waals surface area contributed by atoms with Gasteiger partial charge in [0.1, 0.15) is 0 Å². The molecule has 0 saturated carbocycles. The largest absolute Gasteiger partial charge is 0.310 e. The van der Waals surface area contributed by atoms with E-state index in [4.69, 9.17) is 0 Å². The third kappa shape index (κ3) is 5.86. The van der Waals surface area contributed by atoms with Crippen LogP contribution in [-0.4, -0.2) is 0 Å². The molecule has 1 aliphatic carbocycles. The monoisotopic (exact) mass is 751 g/mol. The van der Waals surface area contributed by atoms with E-state index >= 15 is 0 Å². The van der Waals surface area contributed by atoms with Crippen molar-refractivity contribution in [3.8, 4) is 44.5 Å². The zero-order valence-electron chi connectivity index (χ0n) is 32.9. The van der Waals surface area contributed by atoms with Crippen molar-refractivity contribution in [2.75, 3.05) is 4.90 Å². The van der Waals surface area contributed by atoms with Crippen LogP contribution in [0.15, 0.2) is 231 Å². The number of benzene rings is 10. The summed E-state index contributed by atoms with van der Waals surface area (Å²) in [5.74, 6) is 0. The standard InChI is InChI=1S/C58H41N/c1-58(48-17-3-2-4-18-48)54-22-10-9-20-53(54)57-52(21-12-23-55(57)58)45-33-37-50(38-34-45)59(56-24-11-16-44-14-7-8-19-51(44)56)49-35-31-42(32-36-49)41-25-27-43(28-26-41)47-30-29-40-13-5-6-15-46(40)39-47/h2-39H,1H3. The molecule has 0 radical (unpaired) electrons. The van der Waals surface area contributed by atoms with E-state index in [0.717, 1.165) is 17.1 Å². The van der Waals surface area contributed by atoms with E-state index in [1.165, 1.54) is 82.7 Å². The Hall–Kier alpha value is -7.48. The molecule has 11 rings (SSSR count). The van der Waals surface area contributed by atoms with Crippen molar-refractivity contribution < 1.29 is 0 Å². The summed E-state index contributed by atoms with van der Waals surface area (Å²) in [6, 6.07) is 84.4. The Morgan fingerprint density at radius 3 is 1.59 bits per heavy atom. The van der Waals surface area contributed by atoms with Crippen molar-refractivity contribution in [1.82, 2.24) is 0 Å². The van der Waals surface area contributed by atoms with Gasteiger partial charge < -0.3 is 4.90 Å². The lowest BCUT2D eigenvalue weighted by Gasteiger charge is -2.28. The predicted octanol–water partition coefficient (Wildman–Crippen LogP) is 15.8. The molecule has 1 heteroatoms. The molecule has 0 heterocycles. The number of rotatable bonds is 7. The van der Waals surface area contributed by atoms with Crippen molar-refractivity contribution in [2.45, 2.75) is 12.3 Å². The fourth-order valence-electron chi connectivity index (χ4n) is 9.51. The summed E-state index contributed by atoms with van der Waals surface area (Å²) >= 11 is 0. The van der Waals surface area contributed by atoms with E-state index < -0.39 is 0 Å². The first-order valence-electron chi connectivity index (χ1n) is 20.5. The smallest absolute Gasteiger partial charge is 0.0540 e. The second-order valence-corrected chi connectivity index (χ2v) is 15.8. The minimum absolute atomic E-state index is 0.236. The van der Waals surface area contributed by atoms with Gasteiger partial charge in [0.25, 0.3) is 0 Å². The van der Waals surface area contributed by atoms with E-state index in [1.807, 2.05) is 0 Å². The van der Waals surface area contributed by atoms with Gasteiger partial charge in [-0.15, -0.1) is 0 Å². The number of hydrogen-bond donors (Lipinski definition) is 0. The highest BCUT2D eigenvalue weighted by Gasteiger charge is 2.41. The van der Waals surface area contributed by atoms with Gasteiger partial charge >= 0.3 is 0 Å². The summed E-state index contributed by atoms with van der Waals surface area (Å²) in [4.78, 5) is 2.40. The summed E-state index contributed by atoms with van der Waals surface area (Å²) in [5, 5.41) is 4.95. The molecule has 10 aromatic carbocycles. The molecule has 59 heavy (non-hydrogen) atoms. The van der Waals surface area contributed by atoms with Crippen LogP contribution in [0.5, 0.6) is 0 Å². The minimum Gasteiger partial charge on any atom is -0.310 e. The molecule has 0 fully saturated rings. The first-order valence-corrected chi connectivity index (χ1v) is 20.5. The van der Waals surface area contributed by atoms with Gasteiger partial charge in [-0.05, 0) is 121 Å². The highest BCUT2D eigenvalue weighted by Crippen LogP contribution is 2.55. The van der Waals surface area contributed by atoms with Crippen molar-refractivity contribution in [3.63, 3.8) is 0 Å².